The molecule has 3 heterocycles. The molecule has 0 saturated carbocycles. The summed E-state index contributed by atoms with van der Waals surface area (Å²) >= 11 is 0. The van der Waals surface area contributed by atoms with Crippen molar-refractivity contribution in [2.24, 2.45) is 5.41 Å². The maximum absolute atomic E-state index is 12.7. The summed E-state index contributed by atoms with van der Waals surface area (Å²) in [5.74, 6) is 1.33. The molecule has 0 radical (unpaired) electrons. The van der Waals surface area contributed by atoms with Crippen LogP contribution in [0.5, 0.6) is 0 Å². The van der Waals surface area contributed by atoms with Crippen LogP contribution in [0, 0.1) is 19.3 Å². The normalized spacial score (nSPS) is 23.2. The van der Waals surface area contributed by atoms with Gasteiger partial charge in [0.25, 0.3) is 6.47 Å². The number of hydrogen-bond donors (Lipinski definition) is 1. The van der Waals surface area contributed by atoms with Gasteiger partial charge < -0.3 is 19.4 Å². The highest BCUT2D eigenvalue weighted by atomic mass is 16.5. The standard InChI is InChI=1S/C17H27N3O2.CH2O2/c1-4-8-20-11-7-17(16(20)21)6-10-19(12-17)9-5-15-13(2)18-22-14(15)3;2-1-3/h4-12H2,1-3H3;1H,(H,2,3). The summed E-state index contributed by atoms with van der Waals surface area (Å²) in [6, 6.07) is 0. The predicted molar refractivity (Wildman–Crippen MR) is 93.4 cm³/mol. The van der Waals surface area contributed by atoms with E-state index in [1.165, 1.54) is 5.56 Å². The van der Waals surface area contributed by atoms with E-state index in [1.54, 1.807) is 0 Å². The molecule has 2 aliphatic rings. The number of aryl methyl sites for hydroxylation is 2. The molecule has 0 aliphatic carbocycles. The van der Waals surface area contributed by atoms with Gasteiger partial charge in [0, 0.05) is 31.7 Å². The monoisotopic (exact) mass is 351 g/mol. The number of aromatic nitrogens is 1. The molecule has 2 aliphatic heterocycles. The van der Waals surface area contributed by atoms with E-state index in [0.29, 0.717) is 5.91 Å². The third-order valence-corrected chi connectivity index (χ3v) is 5.39. The van der Waals surface area contributed by atoms with Crippen LogP contribution in [0.4, 0.5) is 0 Å². The third-order valence-electron chi connectivity index (χ3n) is 5.39. The molecule has 140 valence electrons. The van der Waals surface area contributed by atoms with Crippen molar-refractivity contribution < 1.29 is 19.2 Å². The Morgan fingerprint density at radius 3 is 2.56 bits per heavy atom. The van der Waals surface area contributed by atoms with Crippen LogP contribution >= 0.6 is 0 Å². The highest BCUT2D eigenvalue weighted by Gasteiger charge is 2.50. The molecular formula is C18H29N3O4. The Morgan fingerprint density at radius 1 is 1.28 bits per heavy atom. The molecule has 2 fully saturated rings. The summed E-state index contributed by atoms with van der Waals surface area (Å²) in [6.45, 7) is 10.7. The second-order valence-corrected chi connectivity index (χ2v) is 7.01. The van der Waals surface area contributed by atoms with Gasteiger partial charge in [-0.05, 0) is 46.1 Å². The Kier molecular flexibility index (Phi) is 6.58. The van der Waals surface area contributed by atoms with Gasteiger partial charge >= 0.3 is 0 Å². The van der Waals surface area contributed by atoms with Crippen LogP contribution in [0.1, 0.15) is 43.2 Å². The number of carbonyl (C=O) groups is 2. The molecule has 1 unspecified atom stereocenters. The fourth-order valence-corrected chi connectivity index (χ4v) is 4.03. The van der Waals surface area contributed by atoms with Crippen molar-refractivity contribution in [3.8, 4) is 0 Å². The molecule has 1 aromatic rings. The number of carboxylic acid groups (broad SMARTS) is 1. The smallest absolute Gasteiger partial charge is 0.290 e. The Balaban J connectivity index is 0.000000701. The molecule has 0 aromatic carbocycles. The number of rotatable bonds is 5. The van der Waals surface area contributed by atoms with Crippen molar-refractivity contribution in [1.29, 1.82) is 0 Å². The lowest BCUT2D eigenvalue weighted by Gasteiger charge is -2.23. The summed E-state index contributed by atoms with van der Waals surface area (Å²) < 4.78 is 5.23. The van der Waals surface area contributed by atoms with E-state index in [0.717, 1.165) is 69.9 Å². The molecule has 1 N–H and O–H groups in total. The first-order chi connectivity index (χ1) is 12.0. The number of amides is 1. The van der Waals surface area contributed by atoms with E-state index in [4.69, 9.17) is 14.4 Å². The van der Waals surface area contributed by atoms with Gasteiger partial charge in [-0.3, -0.25) is 9.59 Å². The van der Waals surface area contributed by atoms with Gasteiger partial charge in [-0.25, -0.2) is 0 Å². The van der Waals surface area contributed by atoms with Gasteiger partial charge in [0.05, 0.1) is 11.1 Å². The van der Waals surface area contributed by atoms with Crippen molar-refractivity contribution in [2.75, 3.05) is 32.7 Å². The first kappa shape index (κ1) is 19.4. The molecule has 7 heteroatoms. The molecule has 0 bridgehead atoms. The maximum atomic E-state index is 12.7. The lowest BCUT2D eigenvalue weighted by Crippen LogP contribution is -2.37. The van der Waals surface area contributed by atoms with E-state index < -0.39 is 0 Å². The van der Waals surface area contributed by atoms with E-state index in [2.05, 4.69) is 21.9 Å². The van der Waals surface area contributed by atoms with Crippen LogP contribution in [0.25, 0.3) is 0 Å². The fraction of sp³-hybridized carbons (Fsp3) is 0.722. The first-order valence-electron chi connectivity index (χ1n) is 8.98. The minimum atomic E-state index is -0.250. The quantitative estimate of drug-likeness (QED) is 0.815. The maximum Gasteiger partial charge on any atom is 0.290 e. The zero-order valence-electron chi connectivity index (χ0n) is 15.5. The fourth-order valence-electron chi connectivity index (χ4n) is 4.03. The van der Waals surface area contributed by atoms with Crippen LogP contribution in [0.3, 0.4) is 0 Å². The highest BCUT2D eigenvalue weighted by Crippen LogP contribution is 2.40. The Hall–Kier alpha value is -1.89. The van der Waals surface area contributed by atoms with Crippen LogP contribution in [0.15, 0.2) is 4.52 Å². The van der Waals surface area contributed by atoms with Crippen molar-refractivity contribution in [1.82, 2.24) is 15.0 Å². The largest absolute Gasteiger partial charge is 0.483 e. The molecule has 7 nitrogen and oxygen atoms in total. The lowest BCUT2D eigenvalue weighted by molar-refractivity contribution is -0.135. The second kappa shape index (κ2) is 8.47. The molecule has 1 amide bonds. The summed E-state index contributed by atoms with van der Waals surface area (Å²) in [5, 5.41) is 10.9. The van der Waals surface area contributed by atoms with Gasteiger partial charge in [-0.1, -0.05) is 12.1 Å². The lowest BCUT2D eigenvalue weighted by atomic mass is 9.85. The minimum absolute atomic E-state index is 0.0894. The molecule has 3 rings (SSSR count). The van der Waals surface area contributed by atoms with E-state index >= 15 is 0 Å². The summed E-state index contributed by atoms with van der Waals surface area (Å²) in [4.78, 5) is 25.6. The molecule has 25 heavy (non-hydrogen) atoms. The second-order valence-electron chi connectivity index (χ2n) is 7.01. The topological polar surface area (TPSA) is 86.9 Å². The number of nitrogens with zero attached hydrogens (tertiary/aromatic N) is 3. The number of hydrogen-bond acceptors (Lipinski definition) is 5. The third kappa shape index (κ3) is 4.21. The van der Waals surface area contributed by atoms with E-state index in [1.807, 2.05) is 13.8 Å². The molecular weight excluding hydrogens is 322 g/mol. The van der Waals surface area contributed by atoms with Gasteiger partial charge in [0.1, 0.15) is 5.76 Å². The number of carbonyl (C=O) groups excluding carboxylic acids is 1. The van der Waals surface area contributed by atoms with Crippen LogP contribution in [-0.4, -0.2) is 65.2 Å². The van der Waals surface area contributed by atoms with Crippen molar-refractivity contribution in [2.45, 2.75) is 46.5 Å². The molecule has 1 atom stereocenters. The van der Waals surface area contributed by atoms with Crippen LogP contribution in [-0.2, 0) is 16.0 Å². The minimum Gasteiger partial charge on any atom is -0.483 e. The molecule has 1 spiro atoms. The van der Waals surface area contributed by atoms with Crippen molar-refractivity contribution in [3.63, 3.8) is 0 Å². The predicted octanol–water partition coefficient (Wildman–Crippen LogP) is 1.87. The SMILES string of the molecule is CCCN1CCC2(CCN(CCc3c(C)noc3C)C2)C1=O.O=CO. The zero-order chi connectivity index (χ0) is 18.4. The van der Waals surface area contributed by atoms with E-state index in [-0.39, 0.29) is 11.9 Å². The average molecular weight is 351 g/mol. The molecule has 2 saturated heterocycles. The Labute approximate surface area is 149 Å². The van der Waals surface area contributed by atoms with Crippen LogP contribution < -0.4 is 0 Å². The first-order valence-corrected chi connectivity index (χ1v) is 8.98. The highest BCUT2D eigenvalue weighted by molar-refractivity contribution is 5.85. The van der Waals surface area contributed by atoms with Gasteiger partial charge in [-0.2, -0.15) is 0 Å². The Morgan fingerprint density at radius 2 is 1.96 bits per heavy atom. The summed E-state index contributed by atoms with van der Waals surface area (Å²) in [5.41, 5.74) is 2.14. The van der Waals surface area contributed by atoms with Gasteiger partial charge in [0.15, 0.2) is 0 Å². The molecule has 1 aromatic heterocycles. The summed E-state index contributed by atoms with van der Waals surface area (Å²) in [6.07, 6.45) is 4.07. The van der Waals surface area contributed by atoms with E-state index in [9.17, 15) is 4.79 Å². The van der Waals surface area contributed by atoms with Gasteiger partial charge in [0.2, 0.25) is 5.91 Å². The number of likely N-dealkylation sites (tertiary alicyclic amines) is 2. The Bertz CT molecular complexity index is 582. The van der Waals surface area contributed by atoms with Crippen molar-refractivity contribution >= 4 is 12.4 Å². The zero-order valence-corrected chi connectivity index (χ0v) is 15.5. The van der Waals surface area contributed by atoms with Crippen LogP contribution in [0.2, 0.25) is 0 Å². The summed E-state index contributed by atoms with van der Waals surface area (Å²) in [7, 11) is 0. The van der Waals surface area contributed by atoms with Crippen molar-refractivity contribution in [3.05, 3.63) is 17.0 Å². The van der Waals surface area contributed by atoms with Gasteiger partial charge in [-0.15, -0.1) is 0 Å². The average Bonchev–Trinajstić information content (AvgIpc) is 3.23.